The van der Waals surface area contributed by atoms with E-state index in [1.165, 1.54) is 19.4 Å². The van der Waals surface area contributed by atoms with E-state index in [0.717, 1.165) is 49.8 Å². The molecular weight excluding hydrogens is 354 g/mol. The molecule has 6 nitrogen and oxygen atoms in total. The highest BCUT2D eigenvalue weighted by Crippen LogP contribution is 2.29. The standard InChI is InChI=1S/C22H35N3O3/c1-5-24-10-6-7-18(14-24)13-23(3)22(26)16-25-12-17(2)28-21-11-20(27-4)9-8-19(21)15-25/h8-9,11,17-18H,5-7,10,12-16H2,1-4H3/t17-,18+/m1/s1. The Kier molecular flexibility index (Phi) is 7.18. The van der Waals surface area contributed by atoms with E-state index < -0.39 is 0 Å². The molecule has 0 aromatic heterocycles. The predicted molar refractivity (Wildman–Crippen MR) is 111 cm³/mol. The third kappa shape index (κ3) is 5.39. The average Bonchev–Trinajstić information content (AvgIpc) is 2.84. The number of amides is 1. The fraction of sp³-hybridized carbons (Fsp3) is 0.682. The first-order valence-corrected chi connectivity index (χ1v) is 10.5. The van der Waals surface area contributed by atoms with Crippen LogP contribution in [-0.4, -0.2) is 80.1 Å². The summed E-state index contributed by atoms with van der Waals surface area (Å²) >= 11 is 0. The van der Waals surface area contributed by atoms with Gasteiger partial charge in [-0.05, 0) is 44.8 Å². The van der Waals surface area contributed by atoms with Crippen LogP contribution in [0.15, 0.2) is 18.2 Å². The van der Waals surface area contributed by atoms with Gasteiger partial charge in [0, 0.05) is 44.9 Å². The number of rotatable bonds is 6. The van der Waals surface area contributed by atoms with Crippen molar-refractivity contribution < 1.29 is 14.3 Å². The summed E-state index contributed by atoms with van der Waals surface area (Å²) in [6.07, 6.45) is 2.49. The van der Waals surface area contributed by atoms with Crippen LogP contribution in [0.5, 0.6) is 11.5 Å². The molecule has 2 aliphatic heterocycles. The van der Waals surface area contributed by atoms with Crippen LogP contribution in [0.25, 0.3) is 0 Å². The van der Waals surface area contributed by atoms with E-state index in [2.05, 4.69) is 23.6 Å². The van der Waals surface area contributed by atoms with E-state index in [0.29, 0.717) is 12.5 Å². The number of hydrogen-bond donors (Lipinski definition) is 0. The summed E-state index contributed by atoms with van der Waals surface area (Å²) in [6, 6.07) is 5.92. The van der Waals surface area contributed by atoms with Gasteiger partial charge in [0.15, 0.2) is 0 Å². The molecule has 0 N–H and O–H groups in total. The summed E-state index contributed by atoms with van der Waals surface area (Å²) in [7, 11) is 3.61. The van der Waals surface area contributed by atoms with Crippen molar-refractivity contribution in [1.82, 2.24) is 14.7 Å². The van der Waals surface area contributed by atoms with Gasteiger partial charge in [-0.15, -0.1) is 0 Å². The minimum Gasteiger partial charge on any atom is -0.497 e. The van der Waals surface area contributed by atoms with Crippen molar-refractivity contribution in [2.75, 3.05) is 53.4 Å². The lowest BCUT2D eigenvalue weighted by Crippen LogP contribution is -2.45. The summed E-state index contributed by atoms with van der Waals surface area (Å²) in [5.74, 6) is 2.43. The Morgan fingerprint density at radius 2 is 2.14 bits per heavy atom. The normalized spacial score (nSPS) is 23.4. The van der Waals surface area contributed by atoms with E-state index in [1.807, 2.05) is 30.1 Å². The number of hydrogen-bond acceptors (Lipinski definition) is 5. The van der Waals surface area contributed by atoms with Crippen molar-refractivity contribution >= 4 is 5.91 Å². The topological polar surface area (TPSA) is 45.2 Å². The fourth-order valence-corrected chi connectivity index (χ4v) is 4.33. The van der Waals surface area contributed by atoms with Gasteiger partial charge in [0.05, 0.1) is 13.7 Å². The highest BCUT2D eigenvalue weighted by atomic mass is 16.5. The van der Waals surface area contributed by atoms with Crippen LogP contribution in [0.2, 0.25) is 0 Å². The SMILES string of the molecule is CCN1CCC[C@@H](CN(C)C(=O)CN2Cc3ccc(OC)cc3O[C@H](C)C2)C1. The number of ether oxygens (including phenoxy) is 2. The summed E-state index contributed by atoms with van der Waals surface area (Å²) in [5, 5.41) is 0. The van der Waals surface area contributed by atoms with E-state index >= 15 is 0 Å². The van der Waals surface area contributed by atoms with Crippen LogP contribution in [0.1, 0.15) is 32.3 Å². The molecular formula is C22H35N3O3. The van der Waals surface area contributed by atoms with Crippen LogP contribution >= 0.6 is 0 Å². The predicted octanol–water partition coefficient (Wildman–Crippen LogP) is 2.47. The number of fused-ring (bicyclic) bond motifs is 1. The van der Waals surface area contributed by atoms with Crippen molar-refractivity contribution in [3.05, 3.63) is 23.8 Å². The number of carbonyl (C=O) groups excluding carboxylic acids is 1. The Morgan fingerprint density at radius 1 is 1.32 bits per heavy atom. The molecule has 28 heavy (non-hydrogen) atoms. The monoisotopic (exact) mass is 389 g/mol. The maximum atomic E-state index is 12.9. The maximum absolute atomic E-state index is 12.9. The van der Waals surface area contributed by atoms with E-state index in [1.54, 1.807) is 7.11 Å². The van der Waals surface area contributed by atoms with E-state index in [9.17, 15) is 4.79 Å². The summed E-state index contributed by atoms with van der Waals surface area (Å²) in [5.41, 5.74) is 1.10. The number of benzene rings is 1. The van der Waals surface area contributed by atoms with Crippen LogP contribution in [0.3, 0.4) is 0 Å². The molecule has 0 bridgehead atoms. The fourth-order valence-electron chi connectivity index (χ4n) is 4.33. The average molecular weight is 390 g/mol. The highest BCUT2D eigenvalue weighted by molar-refractivity contribution is 5.78. The highest BCUT2D eigenvalue weighted by Gasteiger charge is 2.25. The molecule has 2 aliphatic rings. The van der Waals surface area contributed by atoms with Crippen LogP contribution < -0.4 is 9.47 Å². The van der Waals surface area contributed by atoms with Gasteiger partial charge in [0.1, 0.15) is 17.6 Å². The molecule has 1 aromatic carbocycles. The van der Waals surface area contributed by atoms with Gasteiger partial charge in [-0.3, -0.25) is 9.69 Å². The first-order chi connectivity index (χ1) is 13.5. The first kappa shape index (κ1) is 20.9. The molecule has 156 valence electrons. The van der Waals surface area contributed by atoms with E-state index in [-0.39, 0.29) is 12.0 Å². The molecule has 2 atom stereocenters. The number of likely N-dealkylation sites (N-methyl/N-ethyl adjacent to an activating group) is 1. The van der Waals surface area contributed by atoms with Gasteiger partial charge in [-0.2, -0.15) is 0 Å². The second kappa shape index (κ2) is 9.61. The summed E-state index contributed by atoms with van der Waals surface area (Å²) in [6.45, 7) is 10.4. The maximum Gasteiger partial charge on any atom is 0.236 e. The molecule has 0 saturated carbocycles. The molecule has 1 aromatic rings. The Morgan fingerprint density at radius 3 is 2.89 bits per heavy atom. The van der Waals surface area contributed by atoms with Crippen LogP contribution in [-0.2, 0) is 11.3 Å². The van der Waals surface area contributed by atoms with Crippen molar-refractivity contribution in [2.24, 2.45) is 5.92 Å². The Balaban J connectivity index is 1.58. The largest absolute Gasteiger partial charge is 0.497 e. The van der Waals surface area contributed by atoms with Gasteiger partial charge in [0.2, 0.25) is 5.91 Å². The van der Waals surface area contributed by atoms with Gasteiger partial charge < -0.3 is 19.3 Å². The van der Waals surface area contributed by atoms with Gasteiger partial charge in [-0.1, -0.05) is 13.0 Å². The smallest absolute Gasteiger partial charge is 0.236 e. The third-order valence-corrected chi connectivity index (χ3v) is 5.88. The summed E-state index contributed by atoms with van der Waals surface area (Å²) in [4.78, 5) is 19.5. The zero-order valence-corrected chi connectivity index (χ0v) is 17.8. The number of carbonyl (C=O) groups is 1. The van der Waals surface area contributed by atoms with Crippen LogP contribution in [0, 0.1) is 5.92 Å². The summed E-state index contributed by atoms with van der Waals surface area (Å²) < 4.78 is 11.4. The number of piperidine rings is 1. The van der Waals surface area contributed by atoms with E-state index in [4.69, 9.17) is 9.47 Å². The number of nitrogens with zero attached hydrogens (tertiary/aromatic N) is 3. The molecule has 0 radical (unpaired) electrons. The van der Waals surface area contributed by atoms with Crippen molar-refractivity contribution in [3.63, 3.8) is 0 Å². The minimum absolute atomic E-state index is 0.0305. The molecule has 0 unspecified atom stereocenters. The number of methoxy groups -OCH3 is 1. The third-order valence-electron chi connectivity index (χ3n) is 5.88. The lowest BCUT2D eigenvalue weighted by molar-refractivity contribution is -0.132. The molecule has 1 fully saturated rings. The zero-order valence-electron chi connectivity index (χ0n) is 17.8. The molecule has 0 aliphatic carbocycles. The Hall–Kier alpha value is -1.79. The number of likely N-dealkylation sites (tertiary alicyclic amines) is 1. The second-order valence-electron chi connectivity index (χ2n) is 8.25. The van der Waals surface area contributed by atoms with Crippen molar-refractivity contribution in [3.8, 4) is 11.5 Å². The molecule has 1 saturated heterocycles. The lowest BCUT2D eigenvalue weighted by Gasteiger charge is -2.34. The van der Waals surface area contributed by atoms with Gasteiger partial charge in [0.25, 0.3) is 0 Å². The van der Waals surface area contributed by atoms with Crippen molar-refractivity contribution in [2.45, 2.75) is 39.3 Å². The first-order valence-electron chi connectivity index (χ1n) is 10.5. The second-order valence-corrected chi connectivity index (χ2v) is 8.25. The van der Waals surface area contributed by atoms with Gasteiger partial charge >= 0.3 is 0 Å². The molecule has 2 heterocycles. The van der Waals surface area contributed by atoms with Crippen molar-refractivity contribution in [1.29, 1.82) is 0 Å². The zero-order chi connectivity index (χ0) is 20.1. The molecule has 3 rings (SSSR count). The van der Waals surface area contributed by atoms with Gasteiger partial charge in [-0.25, -0.2) is 0 Å². The quantitative estimate of drug-likeness (QED) is 0.748. The lowest BCUT2D eigenvalue weighted by atomic mass is 9.97. The molecule has 6 heteroatoms. The molecule has 0 spiro atoms. The van der Waals surface area contributed by atoms with Crippen LogP contribution in [0.4, 0.5) is 0 Å². The Labute approximate surface area is 169 Å². The molecule has 1 amide bonds. The minimum atomic E-state index is 0.0305. The Bertz CT molecular complexity index is 666.